The molecule has 0 spiro atoms. The molecule has 0 radical (unpaired) electrons. The second-order valence-corrected chi connectivity index (χ2v) is 4.60. The molecule has 1 aliphatic carbocycles. The predicted octanol–water partition coefficient (Wildman–Crippen LogP) is 2.79. The Labute approximate surface area is 89.3 Å². The first-order valence-corrected chi connectivity index (χ1v) is 5.11. The van der Waals surface area contributed by atoms with Crippen molar-refractivity contribution in [2.75, 3.05) is 0 Å². The maximum Gasteiger partial charge on any atom is 0.124 e. The number of aliphatic hydroxyl groups is 1. The van der Waals surface area contributed by atoms with Crippen molar-refractivity contribution in [3.05, 3.63) is 27.2 Å². The van der Waals surface area contributed by atoms with Crippen LogP contribution in [0.25, 0.3) is 0 Å². The number of phenols is 1. The number of halogens is 2. The zero-order valence-electron chi connectivity index (χ0n) is 6.72. The van der Waals surface area contributed by atoms with Crippen molar-refractivity contribution in [2.45, 2.75) is 18.4 Å². The number of rotatable bonds is 1. The Hall–Kier alpha value is -0.250. The molecular formula is C9H8BrClO2. The van der Waals surface area contributed by atoms with E-state index in [-0.39, 0.29) is 5.75 Å². The van der Waals surface area contributed by atoms with Gasteiger partial charge in [-0.2, -0.15) is 0 Å². The number of aromatic hydroxyl groups is 1. The largest absolute Gasteiger partial charge is 0.507 e. The second kappa shape index (κ2) is 2.87. The van der Waals surface area contributed by atoms with Crippen LogP contribution in [0.2, 0.25) is 5.02 Å². The first kappa shape index (κ1) is 9.31. The molecule has 13 heavy (non-hydrogen) atoms. The summed E-state index contributed by atoms with van der Waals surface area (Å²) in [7, 11) is 0. The van der Waals surface area contributed by atoms with Gasteiger partial charge in [-0.05, 0) is 25.0 Å². The molecule has 0 unspecified atom stereocenters. The number of hydrogen-bond acceptors (Lipinski definition) is 2. The third kappa shape index (κ3) is 1.56. The van der Waals surface area contributed by atoms with Crippen molar-refractivity contribution in [3.8, 4) is 5.75 Å². The van der Waals surface area contributed by atoms with Gasteiger partial charge in [-0.1, -0.05) is 27.5 Å². The van der Waals surface area contributed by atoms with Crippen LogP contribution < -0.4 is 0 Å². The lowest BCUT2D eigenvalue weighted by Crippen LogP contribution is -2.05. The van der Waals surface area contributed by atoms with Gasteiger partial charge in [0.1, 0.15) is 5.75 Å². The summed E-state index contributed by atoms with van der Waals surface area (Å²) in [5.41, 5.74) is -0.287. The van der Waals surface area contributed by atoms with Gasteiger partial charge in [0.15, 0.2) is 0 Å². The lowest BCUT2D eigenvalue weighted by Gasteiger charge is -2.12. The van der Waals surface area contributed by atoms with E-state index >= 15 is 0 Å². The molecule has 0 atom stereocenters. The van der Waals surface area contributed by atoms with Crippen LogP contribution in [-0.4, -0.2) is 10.2 Å². The molecule has 1 fully saturated rings. The smallest absolute Gasteiger partial charge is 0.124 e. The monoisotopic (exact) mass is 262 g/mol. The maximum atomic E-state index is 9.82. The highest BCUT2D eigenvalue weighted by Gasteiger charge is 2.45. The quantitative estimate of drug-likeness (QED) is 0.818. The standard InChI is InChI=1S/C9H8BrClO2/c10-6-3-5(11)4-7(12)8(6)9(13)1-2-9/h3-4,12-13H,1-2H2. The van der Waals surface area contributed by atoms with Crippen molar-refractivity contribution in [3.63, 3.8) is 0 Å². The zero-order chi connectivity index (χ0) is 9.64. The minimum Gasteiger partial charge on any atom is -0.507 e. The van der Waals surface area contributed by atoms with E-state index in [1.807, 2.05) is 0 Å². The molecule has 0 bridgehead atoms. The summed E-state index contributed by atoms with van der Waals surface area (Å²) in [5.74, 6) is 0.0550. The Balaban J connectivity index is 2.57. The fraction of sp³-hybridized carbons (Fsp3) is 0.333. The maximum absolute atomic E-state index is 9.82. The van der Waals surface area contributed by atoms with E-state index in [1.165, 1.54) is 6.07 Å². The van der Waals surface area contributed by atoms with Crippen molar-refractivity contribution < 1.29 is 10.2 Å². The molecule has 4 heteroatoms. The number of phenolic OH excluding ortho intramolecular Hbond substituents is 1. The Bertz CT molecular complexity index is 338. The summed E-state index contributed by atoms with van der Waals surface area (Å²) in [5, 5.41) is 19.8. The van der Waals surface area contributed by atoms with Gasteiger partial charge in [-0.25, -0.2) is 0 Å². The van der Waals surface area contributed by atoms with E-state index in [0.29, 0.717) is 27.9 Å². The number of benzene rings is 1. The van der Waals surface area contributed by atoms with Gasteiger partial charge < -0.3 is 10.2 Å². The molecule has 0 amide bonds. The fourth-order valence-corrected chi connectivity index (χ4v) is 2.55. The molecule has 70 valence electrons. The van der Waals surface area contributed by atoms with Crippen LogP contribution >= 0.6 is 27.5 Å². The topological polar surface area (TPSA) is 40.5 Å². The summed E-state index contributed by atoms with van der Waals surface area (Å²) in [6, 6.07) is 3.12. The molecule has 0 aromatic heterocycles. The second-order valence-electron chi connectivity index (χ2n) is 3.31. The normalized spacial score (nSPS) is 18.7. The van der Waals surface area contributed by atoms with E-state index in [4.69, 9.17) is 11.6 Å². The average molecular weight is 264 g/mol. The molecule has 2 nitrogen and oxygen atoms in total. The summed E-state index contributed by atoms with van der Waals surface area (Å²) in [4.78, 5) is 0. The van der Waals surface area contributed by atoms with E-state index in [2.05, 4.69) is 15.9 Å². The molecule has 0 saturated heterocycles. The summed E-state index contributed by atoms with van der Waals surface area (Å²) >= 11 is 8.99. The first-order valence-electron chi connectivity index (χ1n) is 3.94. The SMILES string of the molecule is Oc1cc(Cl)cc(Br)c1C1(O)CC1. The molecule has 2 rings (SSSR count). The summed E-state index contributed by atoms with van der Waals surface area (Å²) < 4.78 is 0.664. The van der Waals surface area contributed by atoms with Gasteiger partial charge in [0.2, 0.25) is 0 Å². The minimum atomic E-state index is -0.840. The Kier molecular flexibility index (Phi) is 2.06. The molecule has 1 aromatic carbocycles. The minimum absolute atomic E-state index is 0.0550. The molecule has 0 heterocycles. The molecule has 1 aromatic rings. The van der Waals surface area contributed by atoms with Crippen LogP contribution in [0, 0.1) is 0 Å². The lowest BCUT2D eigenvalue weighted by molar-refractivity contribution is 0.147. The average Bonchev–Trinajstić information content (AvgIpc) is 2.65. The molecular weight excluding hydrogens is 255 g/mol. The molecule has 1 aliphatic rings. The van der Waals surface area contributed by atoms with Gasteiger partial charge in [-0.3, -0.25) is 0 Å². The van der Waals surface area contributed by atoms with Crippen LogP contribution in [0.15, 0.2) is 16.6 Å². The van der Waals surface area contributed by atoms with Gasteiger partial charge in [-0.15, -0.1) is 0 Å². The lowest BCUT2D eigenvalue weighted by atomic mass is 10.1. The fourth-order valence-electron chi connectivity index (χ4n) is 1.39. The van der Waals surface area contributed by atoms with Crippen molar-refractivity contribution in [1.82, 2.24) is 0 Å². The molecule has 1 saturated carbocycles. The molecule has 2 N–H and O–H groups in total. The van der Waals surface area contributed by atoms with Gasteiger partial charge >= 0.3 is 0 Å². The van der Waals surface area contributed by atoms with Gasteiger partial charge in [0.25, 0.3) is 0 Å². The van der Waals surface area contributed by atoms with E-state index < -0.39 is 5.60 Å². The Morgan fingerprint density at radius 3 is 2.46 bits per heavy atom. The van der Waals surface area contributed by atoms with Gasteiger partial charge in [0.05, 0.1) is 5.60 Å². The first-order chi connectivity index (χ1) is 6.03. The highest BCUT2D eigenvalue weighted by molar-refractivity contribution is 9.10. The van der Waals surface area contributed by atoms with Crippen LogP contribution in [0.5, 0.6) is 5.75 Å². The van der Waals surface area contributed by atoms with Crippen LogP contribution in [0.4, 0.5) is 0 Å². The van der Waals surface area contributed by atoms with Crippen molar-refractivity contribution in [2.24, 2.45) is 0 Å². The van der Waals surface area contributed by atoms with Crippen LogP contribution in [-0.2, 0) is 5.60 Å². The van der Waals surface area contributed by atoms with Crippen LogP contribution in [0.1, 0.15) is 18.4 Å². The van der Waals surface area contributed by atoms with E-state index in [9.17, 15) is 10.2 Å². The van der Waals surface area contributed by atoms with E-state index in [1.54, 1.807) is 6.07 Å². The highest BCUT2D eigenvalue weighted by atomic mass is 79.9. The Morgan fingerprint density at radius 2 is 2.00 bits per heavy atom. The van der Waals surface area contributed by atoms with E-state index in [0.717, 1.165) is 0 Å². The van der Waals surface area contributed by atoms with Crippen LogP contribution in [0.3, 0.4) is 0 Å². The van der Waals surface area contributed by atoms with Crippen molar-refractivity contribution >= 4 is 27.5 Å². The van der Waals surface area contributed by atoms with Crippen molar-refractivity contribution in [1.29, 1.82) is 0 Å². The number of hydrogen-bond donors (Lipinski definition) is 2. The third-order valence-electron chi connectivity index (χ3n) is 2.22. The third-order valence-corrected chi connectivity index (χ3v) is 3.07. The zero-order valence-corrected chi connectivity index (χ0v) is 9.06. The summed E-state index contributed by atoms with van der Waals surface area (Å²) in [6.07, 6.45) is 1.39. The van der Waals surface area contributed by atoms with Gasteiger partial charge in [0, 0.05) is 15.1 Å². The molecule has 0 aliphatic heterocycles. The highest BCUT2D eigenvalue weighted by Crippen LogP contribution is 2.51. The summed E-state index contributed by atoms with van der Waals surface area (Å²) in [6.45, 7) is 0. The predicted molar refractivity (Wildman–Crippen MR) is 53.9 cm³/mol. The Morgan fingerprint density at radius 1 is 1.38 bits per heavy atom.